The van der Waals surface area contributed by atoms with Crippen molar-refractivity contribution in [2.45, 2.75) is 6.42 Å². The molecule has 0 aliphatic carbocycles. The molecule has 2 aromatic carbocycles. The van der Waals surface area contributed by atoms with E-state index in [2.05, 4.69) is 15.6 Å². The van der Waals surface area contributed by atoms with E-state index in [1.54, 1.807) is 6.07 Å². The molecule has 0 fully saturated rings. The second-order valence-corrected chi connectivity index (χ2v) is 7.03. The van der Waals surface area contributed by atoms with Gasteiger partial charge in [-0.2, -0.15) is 0 Å². The molecule has 0 saturated heterocycles. The third-order valence-corrected chi connectivity index (χ3v) is 5.10. The van der Waals surface area contributed by atoms with Gasteiger partial charge >= 0.3 is 0 Å². The van der Waals surface area contributed by atoms with E-state index in [9.17, 15) is 9.59 Å². The van der Waals surface area contributed by atoms with Crippen molar-refractivity contribution in [2.75, 3.05) is 13.1 Å². The standard InChI is InChI=1S/C20H17N3O3S/c24-18(16-12-13-6-1-3-8-15(13)26-16)21-10-5-11-22-19(25)20-23-14-7-2-4-9-17(14)27-20/h1-4,6-9,12H,5,10-11H2,(H,21,24)(H,22,25). The molecule has 0 unspecified atom stereocenters. The summed E-state index contributed by atoms with van der Waals surface area (Å²) in [5.41, 5.74) is 1.51. The number of thiazole rings is 1. The molecule has 0 bridgehead atoms. The number of carbonyl (C=O) groups is 2. The van der Waals surface area contributed by atoms with Gasteiger partial charge in [0.2, 0.25) is 0 Å². The second-order valence-electron chi connectivity index (χ2n) is 6.00. The molecule has 136 valence electrons. The summed E-state index contributed by atoms with van der Waals surface area (Å²) >= 11 is 1.37. The highest BCUT2D eigenvalue weighted by Crippen LogP contribution is 2.21. The van der Waals surface area contributed by atoms with E-state index in [4.69, 9.17) is 4.42 Å². The smallest absolute Gasteiger partial charge is 0.287 e. The van der Waals surface area contributed by atoms with Crippen molar-refractivity contribution in [3.05, 3.63) is 65.4 Å². The van der Waals surface area contributed by atoms with E-state index in [0.29, 0.717) is 30.1 Å². The molecule has 2 aromatic heterocycles. The Balaban J connectivity index is 1.24. The third-order valence-electron chi connectivity index (χ3n) is 4.06. The molecule has 2 N–H and O–H groups in total. The number of benzene rings is 2. The number of rotatable bonds is 6. The van der Waals surface area contributed by atoms with Crippen LogP contribution in [0.3, 0.4) is 0 Å². The Bertz CT molecular complexity index is 962. The monoisotopic (exact) mass is 379 g/mol. The summed E-state index contributed by atoms with van der Waals surface area (Å²) in [6, 6.07) is 16.8. The Kier molecular flexibility index (Phi) is 4.84. The summed E-state index contributed by atoms with van der Waals surface area (Å²) in [7, 11) is 0. The zero-order valence-electron chi connectivity index (χ0n) is 14.4. The largest absolute Gasteiger partial charge is 0.451 e. The van der Waals surface area contributed by atoms with Crippen LogP contribution in [0.4, 0.5) is 0 Å². The number of fused-ring (bicyclic) bond motifs is 2. The lowest BCUT2D eigenvalue weighted by Gasteiger charge is -2.04. The van der Waals surface area contributed by atoms with Gasteiger partial charge in [-0.1, -0.05) is 30.3 Å². The Morgan fingerprint density at radius 1 is 0.963 bits per heavy atom. The molecule has 4 aromatic rings. The van der Waals surface area contributed by atoms with E-state index < -0.39 is 0 Å². The minimum atomic E-state index is -0.260. The van der Waals surface area contributed by atoms with Crippen LogP contribution >= 0.6 is 11.3 Å². The predicted molar refractivity (Wildman–Crippen MR) is 105 cm³/mol. The van der Waals surface area contributed by atoms with Gasteiger partial charge in [-0.25, -0.2) is 4.98 Å². The van der Waals surface area contributed by atoms with Gasteiger partial charge in [0.05, 0.1) is 10.2 Å². The maximum Gasteiger partial charge on any atom is 0.287 e. The molecule has 0 saturated carbocycles. The van der Waals surface area contributed by atoms with Gasteiger partial charge in [-0.3, -0.25) is 9.59 Å². The highest BCUT2D eigenvalue weighted by molar-refractivity contribution is 7.20. The predicted octanol–water partition coefficient (Wildman–Crippen LogP) is 3.59. The number of para-hydroxylation sites is 2. The lowest BCUT2D eigenvalue weighted by atomic mass is 10.2. The first kappa shape index (κ1) is 17.2. The molecule has 0 aliphatic heterocycles. The number of hydrogen-bond donors (Lipinski definition) is 2. The third kappa shape index (κ3) is 3.83. The molecule has 2 amide bonds. The number of nitrogens with one attached hydrogen (secondary N) is 2. The Labute approximate surface area is 159 Å². The lowest BCUT2D eigenvalue weighted by Crippen LogP contribution is -2.29. The lowest BCUT2D eigenvalue weighted by molar-refractivity contribution is 0.0927. The van der Waals surface area contributed by atoms with Crippen LogP contribution in [0.25, 0.3) is 21.2 Å². The van der Waals surface area contributed by atoms with E-state index in [1.165, 1.54) is 11.3 Å². The summed E-state index contributed by atoms with van der Waals surface area (Å²) in [4.78, 5) is 28.6. The summed E-state index contributed by atoms with van der Waals surface area (Å²) in [6.07, 6.45) is 0.614. The van der Waals surface area contributed by atoms with E-state index in [1.807, 2.05) is 48.5 Å². The molecule has 6 nitrogen and oxygen atoms in total. The van der Waals surface area contributed by atoms with Gasteiger partial charge in [0, 0.05) is 18.5 Å². The molecule has 0 aliphatic rings. The quantitative estimate of drug-likeness (QED) is 0.502. The van der Waals surface area contributed by atoms with Crippen LogP contribution in [0, 0.1) is 0 Å². The Hall–Kier alpha value is -3.19. The van der Waals surface area contributed by atoms with Gasteiger partial charge in [0.1, 0.15) is 5.58 Å². The van der Waals surface area contributed by atoms with Crippen LogP contribution < -0.4 is 10.6 Å². The number of amides is 2. The van der Waals surface area contributed by atoms with Gasteiger partial charge in [-0.15, -0.1) is 11.3 Å². The molecule has 4 rings (SSSR count). The van der Waals surface area contributed by atoms with E-state index in [-0.39, 0.29) is 17.6 Å². The van der Waals surface area contributed by atoms with Gasteiger partial charge in [0.25, 0.3) is 11.8 Å². The number of hydrogen-bond acceptors (Lipinski definition) is 5. The summed E-state index contributed by atoms with van der Waals surface area (Å²) in [5.74, 6) is -0.168. The zero-order valence-corrected chi connectivity index (χ0v) is 15.2. The van der Waals surface area contributed by atoms with Crippen molar-refractivity contribution in [1.82, 2.24) is 15.6 Å². The SMILES string of the molecule is O=C(NCCCNC(=O)c1nc2ccccc2s1)c1cc2ccccc2o1. The normalized spacial score (nSPS) is 11.0. The van der Waals surface area contributed by atoms with Crippen molar-refractivity contribution < 1.29 is 14.0 Å². The molecule has 27 heavy (non-hydrogen) atoms. The number of nitrogens with zero attached hydrogens (tertiary/aromatic N) is 1. The fourth-order valence-corrected chi connectivity index (χ4v) is 3.60. The van der Waals surface area contributed by atoms with Crippen molar-refractivity contribution >= 4 is 44.3 Å². The first-order valence-electron chi connectivity index (χ1n) is 8.61. The molecule has 0 atom stereocenters. The minimum Gasteiger partial charge on any atom is -0.451 e. The van der Waals surface area contributed by atoms with Gasteiger partial charge < -0.3 is 15.1 Å². The van der Waals surface area contributed by atoms with E-state index in [0.717, 1.165) is 15.6 Å². The highest BCUT2D eigenvalue weighted by Gasteiger charge is 2.13. The number of furan rings is 1. The van der Waals surface area contributed by atoms with Crippen LogP contribution in [-0.4, -0.2) is 29.9 Å². The molecule has 0 radical (unpaired) electrons. The molecule has 0 spiro atoms. The fraction of sp³-hybridized carbons (Fsp3) is 0.150. The zero-order chi connectivity index (χ0) is 18.6. The van der Waals surface area contributed by atoms with Gasteiger partial charge in [-0.05, 0) is 30.7 Å². The molecular weight excluding hydrogens is 362 g/mol. The molecule has 7 heteroatoms. The summed E-state index contributed by atoms with van der Waals surface area (Å²) < 4.78 is 6.51. The maximum atomic E-state index is 12.2. The first-order valence-corrected chi connectivity index (χ1v) is 9.43. The van der Waals surface area contributed by atoms with Crippen molar-refractivity contribution in [3.8, 4) is 0 Å². The van der Waals surface area contributed by atoms with Crippen LogP contribution in [0.15, 0.2) is 59.0 Å². The molecular formula is C20H17N3O3S. The fourth-order valence-electron chi connectivity index (χ4n) is 2.72. The maximum absolute atomic E-state index is 12.2. The summed E-state index contributed by atoms with van der Waals surface area (Å²) in [5, 5.41) is 6.97. The Morgan fingerprint density at radius 2 is 1.70 bits per heavy atom. The van der Waals surface area contributed by atoms with Crippen molar-refractivity contribution in [3.63, 3.8) is 0 Å². The first-order chi connectivity index (χ1) is 13.2. The minimum absolute atomic E-state index is 0.195. The Morgan fingerprint density at radius 3 is 2.52 bits per heavy atom. The van der Waals surface area contributed by atoms with Crippen LogP contribution in [0.1, 0.15) is 26.8 Å². The average Bonchev–Trinajstić information content (AvgIpc) is 3.31. The average molecular weight is 379 g/mol. The van der Waals surface area contributed by atoms with E-state index >= 15 is 0 Å². The van der Waals surface area contributed by atoms with Gasteiger partial charge in [0.15, 0.2) is 10.8 Å². The van der Waals surface area contributed by atoms with Crippen LogP contribution in [-0.2, 0) is 0 Å². The molecule has 2 heterocycles. The van der Waals surface area contributed by atoms with Crippen molar-refractivity contribution in [1.29, 1.82) is 0 Å². The highest BCUT2D eigenvalue weighted by atomic mass is 32.1. The van der Waals surface area contributed by atoms with Crippen LogP contribution in [0.2, 0.25) is 0 Å². The second kappa shape index (κ2) is 7.59. The van der Waals surface area contributed by atoms with Crippen LogP contribution in [0.5, 0.6) is 0 Å². The number of aromatic nitrogens is 1. The summed E-state index contributed by atoms with van der Waals surface area (Å²) in [6.45, 7) is 0.894. The van der Waals surface area contributed by atoms with Crippen molar-refractivity contribution in [2.24, 2.45) is 0 Å². The topological polar surface area (TPSA) is 84.2 Å². The number of carbonyl (C=O) groups excluding carboxylic acids is 2.